The van der Waals surface area contributed by atoms with Crippen molar-refractivity contribution >= 4 is 5.91 Å². The van der Waals surface area contributed by atoms with E-state index >= 15 is 0 Å². The van der Waals surface area contributed by atoms with E-state index in [0.29, 0.717) is 35.6 Å². The average molecular weight is 383 g/mol. The predicted octanol–water partition coefficient (Wildman–Crippen LogP) is 3.52. The molecule has 6 heteroatoms. The Morgan fingerprint density at radius 3 is 2.18 bits per heavy atom. The highest BCUT2D eigenvalue weighted by atomic mass is 16.5. The Morgan fingerprint density at radius 1 is 1.07 bits per heavy atom. The third-order valence-electron chi connectivity index (χ3n) is 5.35. The number of hydrogen-bond donors (Lipinski definition) is 0. The van der Waals surface area contributed by atoms with Crippen LogP contribution in [0.3, 0.4) is 0 Å². The molecular weight excluding hydrogens is 354 g/mol. The topological polar surface area (TPSA) is 64.6 Å². The summed E-state index contributed by atoms with van der Waals surface area (Å²) in [7, 11) is 3.15. The number of rotatable bonds is 6. The molecule has 2 aromatic rings. The fourth-order valence-electron chi connectivity index (χ4n) is 4.23. The van der Waals surface area contributed by atoms with Gasteiger partial charge in [0.25, 0.3) is 0 Å². The third kappa shape index (κ3) is 4.43. The van der Waals surface area contributed by atoms with Gasteiger partial charge in [-0.2, -0.15) is 0 Å². The van der Waals surface area contributed by atoms with Crippen LogP contribution in [0.25, 0.3) is 0 Å². The van der Waals surface area contributed by atoms with E-state index in [9.17, 15) is 4.79 Å². The minimum atomic E-state index is -0.243. The maximum Gasteiger partial charge on any atom is 0.223 e. The highest BCUT2D eigenvalue weighted by molar-refractivity contribution is 5.78. The van der Waals surface area contributed by atoms with Gasteiger partial charge in [-0.15, -0.1) is 0 Å². The van der Waals surface area contributed by atoms with Crippen LogP contribution in [0.1, 0.15) is 43.7 Å². The number of hydrogen-bond acceptors (Lipinski definition) is 5. The Hall–Kier alpha value is -2.63. The number of ether oxygens (including phenoxy) is 2. The van der Waals surface area contributed by atoms with E-state index in [4.69, 9.17) is 9.47 Å². The molecule has 6 nitrogen and oxygen atoms in total. The average Bonchev–Trinajstić information content (AvgIpc) is 2.71. The summed E-state index contributed by atoms with van der Waals surface area (Å²) in [5.74, 6) is 1.81. The third-order valence-corrected chi connectivity index (χ3v) is 5.35. The zero-order valence-corrected chi connectivity index (χ0v) is 17.1. The Balaban J connectivity index is 1.97. The maximum atomic E-state index is 13.2. The number of benzene rings is 1. The zero-order valence-electron chi connectivity index (χ0n) is 17.1. The molecule has 1 fully saturated rings. The molecule has 1 amide bonds. The highest BCUT2D eigenvalue weighted by Gasteiger charge is 2.31. The second-order valence-corrected chi connectivity index (χ2v) is 7.72. The lowest BCUT2D eigenvalue weighted by molar-refractivity contribution is -0.134. The van der Waals surface area contributed by atoms with Crippen LogP contribution in [0.5, 0.6) is 11.8 Å². The van der Waals surface area contributed by atoms with Crippen LogP contribution in [0.2, 0.25) is 0 Å². The van der Waals surface area contributed by atoms with Gasteiger partial charge in [-0.3, -0.25) is 4.79 Å². The van der Waals surface area contributed by atoms with Crippen molar-refractivity contribution in [3.05, 3.63) is 47.8 Å². The first kappa shape index (κ1) is 20.1. The van der Waals surface area contributed by atoms with Crippen LogP contribution in [0.15, 0.2) is 36.7 Å². The fourth-order valence-corrected chi connectivity index (χ4v) is 4.23. The molecule has 1 aliphatic rings. The van der Waals surface area contributed by atoms with Gasteiger partial charge in [-0.1, -0.05) is 44.2 Å². The summed E-state index contributed by atoms with van der Waals surface area (Å²) >= 11 is 0. The van der Waals surface area contributed by atoms with Gasteiger partial charge in [0, 0.05) is 25.4 Å². The molecule has 0 saturated carbocycles. The summed E-state index contributed by atoms with van der Waals surface area (Å²) in [5, 5.41) is 0. The second-order valence-electron chi connectivity index (χ2n) is 7.72. The molecule has 0 bridgehead atoms. The lowest BCUT2D eigenvalue weighted by atomic mass is 9.87. The van der Waals surface area contributed by atoms with Crippen LogP contribution < -0.4 is 9.47 Å². The van der Waals surface area contributed by atoms with Gasteiger partial charge < -0.3 is 14.4 Å². The molecule has 0 spiro atoms. The molecule has 150 valence electrons. The Kier molecular flexibility index (Phi) is 6.49. The van der Waals surface area contributed by atoms with E-state index in [0.717, 1.165) is 18.7 Å². The van der Waals surface area contributed by atoms with Crippen molar-refractivity contribution in [3.8, 4) is 11.8 Å². The fraction of sp³-hybridized carbons (Fsp3) is 0.500. The first-order valence-electron chi connectivity index (χ1n) is 9.79. The number of carbonyl (C=O) groups is 1. The number of methoxy groups -OCH3 is 2. The molecule has 2 heterocycles. The first-order chi connectivity index (χ1) is 13.5. The van der Waals surface area contributed by atoms with Crippen molar-refractivity contribution in [1.82, 2.24) is 14.9 Å². The van der Waals surface area contributed by atoms with Crippen LogP contribution >= 0.6 is 0 Å². The Morgan fingerprint density at radius 2 is 1.64 bits per heavy atom. The molecule has 1 unspecified atom stereocenters. The van der Waals surface area contributed by atoms with Gasteiger partial charge in [0.05, 0.1) is 19.8 Å². The van der Waals surface area contributed by atoms with E-state index in [1.54, 1.807) is 14.2 Å². The Bertz CT molecular complexity index is 765. The van der Waals surface area contributed by atoms with Crippen LogP contribution in [0.4, 0.5) is 0 Å². The lowest BCUT2D eigenvalue weighted by Crippen LogP contribution is -2.43. The predicted molar refractivity (Wildman–Crippen MR) is 108 cm³/mol. The van der Waals surface area contributed by atoms with E-state index < -0.39 is 0 Å². The number of nitrogens with zero attached hydrogens (tertiary/aromatic N) is 3. The Labute approximate surface area is 166 Å². The maximum absolute atomic E-state index is 13.2. The molecule has 1 aromatic carbocycles. The minimum absolute atomic E-state index is 0.139. The minimum Gasteiger partial charge on any atom is -0.481 e. The lowest BCUT2D eigenvalue weighted by Gasteiger charge is -2.36. The van der Waals surface area contributed by atoms with Gasteiger partial charge in [0.1, 0.15) is 6.33 Å². The highest BCUT2D eigenvalue weighted by Crippen LogP contribution is 2.39. The standard InChI is InChI=1S/C22H29N3O3/c1-15-10-16(2)13-25(12-15)19(26)11-18(17-8-6-5-7-9-17)20-21(27-3)23-14-24-22(20)28-4/h5-9,14-16,18H,10-13H2,1-4H3/t15-,16+,18?. The summed E-state index contributed by atoms with van der Waals surface area (Å²) < 4.78 is 11.0. The molecule has 1 saturated heterocycles. The summed E-state index contributed by atoms with van der Waals surface area (Å²) in [6.45, 7) is 6.04. The van der Waals surface area contributed by atoms with E-state index in [2.05, 4.69) is 23.8 Å². The van der Waals surface area contributed by atoms with Crippen molar-refractivity contribution in [2.75, 3.05) is 27.3 Å². The zero-order chi connectivity index (χ0) is 20.1. The number of carbonyl (C=O) groups excluding carboxylic acids is 1. The number of likely N-dealkylation sites (tertiary alicyclic amines) is 1. The van der Waals surface area contributed by atoms with Crippen molar-refractivity contribution in [2.45, 2.75) is 32.6 Å². The largest absolute Gasteiger partial charge is 0.481 e. The van der Waals surface area contributed by atoms with Gasteiger partial charge in [-0.25, -0.2) is 9.97 Å². The summed E-state index contributed by atoms with van der Waals surface area (Å²) in [5.41, 5.74) is 1.73. The number of aromatic nitrogens is 2. The molecule has 0 aliphatic carbocycles. The van der Waals surface area contributed by atoms with E-state index in [1.165, 1.54) is 12.7 Å². The van der Waals surface area contributed by atoms with E-state index in [1.807, 2.05) is 35.2 Å². The van der Waals surface area contributed by atoms with Gasteiger partial charge >= 0.3 is 0 Å². The normalized spacial score (nSPS) is 20.5. The van der Waals surface area contributed by atoms with E-state index in [-0.39, 0.29) is 11.8 Å². The van der Waals surface area contributed by atoms with Crippen molar-refractivity contribution < 1.29 is 14.3 Å². The second kappa shape index (κ2) is 9.04. The molecule has 3 atom stereocenters. The smallest absolute Gasteiger partial charge is 0.223 e. The van der Waals surface area contributed by atoms with Crippen LogP contribution in [-0.2, 0) is 4.79 Å². The number of piperidine rings is 1. The van der Waals surface area contributed by atoms with Gasteiger partial charge in [0.2, 0.25) is 17.7 Å². The molecule has 1 aliphatic heterocycles. The van der Waals surface area contributed by atoms with Crippen molar-refractivity contribution in [1.29, 1.82) is 0 Å². The molecule has 28 heavy (non-hydrogen) atoms. The molecule has 0 N–H and O–H groups in total. The molecular formula is C22H29N3O3. The van der Waals surface area contributed by atoms with Crippen molar-refractivity contribution in [3.63, 3.8) is 0 Å². The van der Waals surface area contributed by atoms with Gasteiger partial charge in [0.15, 0.2) is 0 Å². The number of amides is 1. The monoisotopic (exact) mass is 383 g/mol. The summed E-state index contributed by atoms with van der Waals surface area (Å²) in [6.07, 6.45) is 2.91. The first-order valence-corrected chi connectivity index (χ1v) is 9.79. The van der Waals surface area contributed by atoms with Crippen LogP contribution in [-0.4, -0.2) is 48.1 Å². The summed E-state index contributed by atoms with van der Waals surface area (Å²) in [6, 6.07) is 9.95. The van der Waals surface area contributed by atoms with Crippen molar-refractivity contribution in [2.24, 2.45) is 11.8 Å². The van der Waals surface area contributed by atoms with Gasteiger partial charge in [-0.05, 0) is 23.8 Å². The SMILES string of the molecule is COc1ncnc(OC)c1C(CC(=O)N1C[C@H](C)C[C@H](C)C1)c1ccccc1. The quantitative estimate of drug-likeness (QED) is 0.764. The van der Waals surface area contributed by atoms with Crippen LogP contribution in [0, 0.1) is 11.8 Å². The molecule has 0 radical (unpaired) electrons. The molecule has 1 aromatic heterocycles. The molecule has 3 rings (SSSR count). The summed E-state index contributed by atoms with van der Waals surface area (Å²) in [4.78, 5) is 23.8.